The molecule has 0 amide bonds. The Morgan fingerprint density at radius 2 is 2.05 bits per heavy atom. The Morgan fingerprint density at radius 3 is 2.77 bits per heavy atom. The Morgan fingerprint density at radius 1 is 1.27 bits per heavy atom. The van der Waals surface area contributed by atoms with Crippen molar-refractivity contribution in [1.82, 2.24) is 9.97 Å². The van der Waals surface area contributed by atoms with E-state index in [-0.39, 0.29) is 6.61 Å². The number of aromatic nitrogens is 2. The second-order valence-electron chi connectivity index (χ2n) is 4.60. The summed E-state index contributed by atoms with van der Waals surface area (Å²) >= 11 is 5.96. The van der Waals surface area contributed by atoms with Crippen LogP contribution in [0.4, 0.5) is 0 Å². The summed E-state index contributed by atoms with van der Waals surface area (Å²) in [5, 5.41) is 0.648. The molecular weight excluding hydrogens is 300 g/mol. The van der Waals surface area contributed by atoms with E-state index in [0.717, 1.165) is 16.6 Å². The van der Waals surface area contributed by atoms with Gasteiger partial charge in [-0.2, -0.15) is 0 Å². The number of rotatable bonds is 3. The van der Waals surface area contributed by atoms with Gasteiger partial charge in [0.15, 0.2) is 6.61 Å². The monoisotopic (exact) mass is 310 g/mol. The Hall–Kier alpha value is -2.77. The summed E-state index contributed by atoms with van der Waals surface area (Å²) in [5.41, 5.74) is 3.00. The predicted molar refractivity (Wildman–Crippen MR) is 85.7 cm³/mol. The molecule has 0 bridgehead atoms. The molecule has 3 rings (SSSR count). The minimum atomic E-state index is -0.444. The minimum absolute atomic E-state index is 0.0368. The van der Waals surface area contributed by atoms with Crippen molar-refractivity contribution in [2.24, 2.45) is 0 Å². The van der Waals surface area contributed by atoms with Crippen LogP contribution in [0.3, 0.4) is 0 Å². The third kappa shape index (κ3) is 2.80. The van der Waals surface area contributed by atoms with Crippen LogP contribution in [-0.4, -0.2) is 22.5 Å². The molecule has 0 saturated heterocycles. The summed E-state index contributed by atoms with van der Waals surface area (Å²) in [5.74, 6) is 2.52. The number of hydrogen-bond donors (Lipinski definition) is 1. The molecule has 0 radical (unpaired) electrons. The lowest BCUT2D eigenvalue weighted by Gasteiger charge is -2.02. The van der Waals surface area contributed by atoms with Crippen molar-refractivity contribution in [3.8, 4) is 23.7 Å². The lowest BCUT2D eigenvalue weighted by atomic mass is 10.1. The Balaban J connectivity index is 1.88. The van der Waals surface area contributed by atoms with E-state index in [2.05, 4.69) is 15.9 Å². The number of esters is 1. The molecule has 3 aromatic rings. The number of hydrogen-bond acceptors (Lipinski definition) is 3. The zero-order valence-corrected chi connectivity index (χ0v) is 12.2. The molecule has 0 fully saturated rings. The summed E-state index contributed by atoms with van der Waals surface area (Å²) in [7, 11) is 0. The summed E-state index contributed by atoms with van der Waals surface area (Å²) < 4.78 is 4.87. The average molecular weight is 311 g/mol. The molecule has 5 heteroatoms. The van der Waals surface area contributed by atoms with E-state index in [1.807, 2.05) is 12.1 Å². The Bertz CT molecular complexity index is 876. The maximum atomic E-state index is 11.7. The first-order valence-corrected chi connectivity index (χ1v) is 6.91. The van der Waals surface area contributed by atoms with Gasteiger partial charge in [0, 0.05) is 10.6 Å². The lowest BCUT2D eigenvalue weighted by molar-refractivity contribution is 0.0557. The van der Waals surface area contributed by atoms with Crippen LogP contribution in [0.5, 0.6) is 0 Å². The molecule has 0 spiro atoms. The van der Waals surface area contributed by atoms with Gasteiger partial charge in [0.1, 0.15) is 5.82 Å². The molecule has 0 saturated carbocycles. The van der Waals surface area contributed by atoms with Crippen LogP contribution in [0.25, 0.3) is 22.4 Å². The van der Waals surface area contributed by atoms with Crippen molar-refractivity contribution in [2.45, 2.75) is 0 Å². The number of H-pyrrole nitrogens is 1. The topological polar surface area (TPSA) is 55.0 Å². The van der Waals surface area contributed by atoms with Crippen molar-refractivity contribution >= 4 is 28.6 Å². The SMILES string of the molecule is C#CCOC(=O)c1ccc(-c2nc3ccc(Cl)cc3[nH]2)cc1. The van der Waals surface area contributed by atoms with Crippen LogP contribution in [0, 0.1) is 12.3 Å². The molecule has 1 N–H and O–H groups in total. The number of carbonyl (C=O) groups excluding carboxylic acids is 1. The number of terminal acetylenes is 1. The van der Waals surface area contributed by atoms with Gasteiger partial charge in [0.25, 0.3) is 0 Å². The maximum Gasteiger partial charge on any atom is 0.339 e. The normalized spacial score (nSPS) is 10.4. The van der Waals surface area contributed by atoms with Crippen molar-refractivity contribution < 1.29 is 9.53 Å². The third-order valence-corrected chi connectivity index (χ3v) is 3.36. The second-order valence-corrected chi connectivity index (χ2v) is 5.04. The standard InChI is InChI=1S/C17H11ClN2O2/c1-2-9-22-17(21)12-5-3-11(4-6-12)16-19-14-8-7-13(18)10-15(14)20-16/h1,3-8,10H,9H2,(H,19,20). The van der Waals surface area contributed by atoms with Crippen molar-refractivity contribution in [3.05, 3.63) is 53.1 Å². The molecule has 1 heterocycles. The Labute approximate surface area is 132 Å². The fourth-order valence-electron chi connectivity index (χ4n) is 2.07. The fourth-order valence-corrected chi connectivity index (χ4v) is 2.25. The van der Waals surface area contributed by atoms with E-state index >= 15 is 0 Å². The van der Waals surface area contributed by atoms with Gasteiger partial charge >= 0.3 is 5.97 Å². The highest BCUT2D eigenvalue weighted by molar-refractivity contribution is 6.31. The van der Waals surface area contributed by atoms with E-state index in [9.17, 15) is 4.79 Å². The number of ether oxygens (including phenoxy) is 1. The van der Waals surface area contributed by atoms with E-state index in [1.54, 1.807) is 30.3 Å². The number of benzene rings is 2. The predicted octanol–water partition coefficient (Wildman–Crippen LogP) is 3.67. The van der Waals surface area contributed by atoms with Gasteiger partial charge in [-0.3, -0.25) is 0 Å². The van der Waals surface area contributed by atoms with Crippen molar-refractivity contribution in [1.29, 1.82) is 0 Å². The minimum Gasteiger partial charge on any atom is -0.449 e. The molecular formula is C17H11ClN2O2. The first-order valence-electron chi connectivity index (χ1n) is 6.53. The fraction of sp³-hybridized carbons (Fsp3) is 0.0588. The van der Waals surface area contributed by atoms with Gasteiger partial charge in [0.05, 0.1) is 16.6 Å². The van der Waals surface area contributed by atoms with Crippen LogP contribution in [0.15, 0.2) is 42.5 Å². The number of halogens is 1. The summed E-state index contributed by atoms with van der Waals surface area (Å²) in [4.78, 5) is 19.4. The van der Waals surface area contributed by atoms with Gasteiger partial charge < -0.3 is 9.72 Å². The lowest BCUT2D eigenvalue weighted by Crippen LogP contribution is -2.04. The molecule has 0 atom stereocenters. The zero-order valence-electron chi connectivity index (χ0n) is 11.5. The molecule has 0 aliphatic heterocycles. The van der Waals surface area contributed by atoms with E-state index in [0.29, 0.717) is 16.4 Å². The summed E-state index contributed by atoms with van der Waals surface area (Å²) in [6.45, 7) is -0.0368. The largest absolute Gasteiger partial charge is 0.449 e. The van der Waals surface area contributed by atoms with Gasteiger partial charge in [-0.25, -0.2) is 9.78 Å². The molecule has 108 valence electrons. The first-order chi connectivity index (χ1) is 10.7. The molecule has 2 aromatic carbocycles. The first kappa shape index (κ1) is 14.2. The van der Waals surface area contributed by atoms with Crippen LogP contribution >= 0.6 is 11.6 Å². The van der Waals surface area contributed by atoms with E-state index in [1.165, 1.54) is 0 Å². The van der Waals surface area contributed by atoms with Gasteiger partial charge in [0.2, 0.25) is 0 Å². The molecule has 22 heavy (non-hydrogen) atoms. The van der Waals surface area contributed by atoms with E-state index < -0.39 is 5.97 Å². The van der Waals surface area contributed by atoms with Crippen molar-refractivity contribution in [3.63, 3.8) is 0 Å². The number of aromatic amines is 1. The molecule has 0 aliphatic carbocycles. The number of imidazole rings is 1. The van der Waals surface area contributed by atoms with Gasteiger partial charge in [-0.15, -0.1) is 6.42 Å². The number of carbonyl (C=O) groups is 1. The smallest absolute Gasteiger partial charge is 0.339 e. The van der Waals surface area contributed by atoms with Gasteiger partial charge in [-0.1, -0.05) is 29.7 Å². The quantitative estimate of drug-likeness (QED) is 0.593. The summed E-state index contributed by atoms with van der Waals surface area (Å²) in [6.07, 6.45) is 5.05. The summed E-state index contributed by atoms with van der Waals surface area (Å²) in [6, 6.07) is 12.4. The molecule has 4 nitrogen and oxygen atoms in total. The third-order valence-electron chi connectivity index (χ3n) is 3.12. The number of fused-ring (bicyclic) bond motifs is 1. The molecule has 1 aromatic heterocycles. The maximum absolute atomic E-state index is 11.7. The molecule has 0 aliphatic rings. The number of nitrogens with zero attached hydrogens (tertiary/aromatic N) is 1. The average Bonchev–Trinajstić information content (AvgIpc) is 2.95. The molecule has 0 unspecified atom stereocenters. The van der Waals surface area contributed by atoms with Crippen molar-refractivity contribution in [2.75, 3.05) is 6.61 Å². The van der Waals surface area contributed by atoms with Crippen LogP contribution in [-0.2, 0) is 4.74 Å². The van der Waals surface area contributed by atoms with Crippen LogP contribution in [0.1, 0.15) is 10.4 Å². The Kier molecular flexibility index (Phi) is 3.82. The van der Waals surface area contributed by atoms with Crippen LogP contribution in [0.2, 0.25) is 5.02 Å². The highest BCUT2D eigenvalue weighted by atomic mass is 35.5. The highest BCUT2D eigenvalue weighted by Crippen LogP contribution is 2.23. The van der Waals surface area contributed by atoms with Gasteiger partial charge in [-0.05, 0) is 30.3 Å². The second kappa shape index (κ2) is 5.92. The van der Waals surface area contributed by atoms with Crippen LogP contribution < -0.4 is 0 Å². The van der Waals surface area contributed by atoms with E-state index in [4.69, 9.17) is 22.8 Å². The zero-order chi connectivity index (χ0) is 15.5. The number of nitrogens with one attached hydrogen (secondary N) is 1. The highest BCUT2D eigenvalue weighted by Gasteiger charge is 2.09.